The van der Waals surface area contributed by atoms with Crippen LogP contribution in [0.3, 0.4) is 0 Å². The zero-order valence-electron chi connectivity index (χ0n) is 13.2. The van der Waals surface area contributed by atoms with Crippen LogP contribution >= 0.6 is 0 Å². The van der Waals surface area contributed by atoms with E-state index < -0.39 is 0 Å². The van der Waals surface area contributed by atoms with Gasteiger partial charge < -0.3 is 9.88 Å². The molecule has 116 valence electrons. The van der Waals surface area contributed by atoms with Crippen LogP contribution < -0.4 is 10.9 Å². The number of benzene rings is 2. The maximum atomic E-state index is 12.7. The Kier molecular flexibility index (Phi) is 3.98. The van der Waals surface area contributed by atoms with Crippen LogP contribution in [-0.4, -0.2) is 10.5 Å². The number of amides is 1. The molecule has 0 bridgehead atoms. The van der Waals surface area contributed by atoms with E-state index in [1.807, 2.05) is 62.4 Å². The number of hydrogen-bond donors (Lipinski definition) is 1. The molecule has 1 aromatic heterocycles. The minimum Gasteiger partial charge on any atom is -0.321 e. The molecule has 4 heteroatoms. The van der Waals surface area contributed by atoms with E-state index in [-0.39, 0.29) is 11.5 Å². The maximum Gasteiger partial charge on any atom is 0.272 e. The molecule has 0 saturated carbocycles. The van der Waals surface area contributed by atoms with E-state index in [2.05, 4.69) is 5.32 Å². The average molecular weight is 306 g/mol. The predicted molar refractivity (Wildman–Crippen MR) is 93.0 cm³/mol. The van der Waals surface area contributed by atoms with Crippen LogP contribution in [0.5, 0.6) is 0 Å². The lowest BCUT2D eigenvalue weighted by atomic mass is 10.1. The lowest BCUT2D eigenvalue weighted by molar-refractivity contribution is 0.101. The fraction of sp³-hybridized carbons (Fsp3) is 0.158. The van der Waals surface area contributed by atoms with E-state index in [1.165, 1.54) is 4.57 Å². The molecule has 0 aliphatic rings. The number of carbonyl (C=O) groups is 1. The molecule has 0 aliphatic heterocycles. The van der Waals surface area contributed by atoms with Crippen molar-refractivity contribution >= 4 is 22.4 Å². The number of aryl methyl sites for hydroxylation is 1. The molecular formula is C19H18N2O2. The highest BCUT2D eigenvalue weighted by Gasteiger charge is 2.15. The number of nitrogens with zero attached hydrogens (tertiary/aromatic N) is 1. The van der Waals surface area contributed by atoms with Crippen LogP contribution in [0.2, 0.25) is 0 Å². The van der Waals surface area contributed by atoms with Crippen LogP contribution in [-0.2, 0) is 6.54 Å². The third kappa shape index (κ3) is 2.88. The van der Waals surface area contributed by atoms with Gasteiger partial charge in [0.2, 0.25) is 0 Å². The number of rotatable bonds is 3. The molecule has 3 rings (SSSR count). The van der Waals surface area contributed by atoms with Crippen molar-refractivity contribution in [3.8, 4) is 0 Å². The second-order valence-corrected chi connectivity index (χ2v) is 5.49. The first-order chi connectivity index (χ1) is 11.1. The summed E-state index contributed by atoms with van der Waals surface area (Å²) in [5, 5.41) is 4.26. The van der Waals surface area contributed by atoms with E-state index in [1.54, 1.807) is 6.07 Å². The van der Waals surface area contributed by atoms with Gasteiger partial charge in [-0.25, -0.2) is 0 Å². The summed E-state index contributed by atoms with van der Waals surface area (Å²) in [6, 6.07) is 16.7. The topological polar surface area (TPSA) is 51.1 Å². The van der Waals surface area contributed by atoms with Crippen molar-refractivity contribution < 1.29 is 4.79 Å². The number of pyridine rings is 1. The third-order valence-electron chi connectivity index (χ3n) is 3.85. The van der Waals surface area contributed by atoms with Gasteiger partial charge in [-0.1, -0.05) is 35.9 Å². The normalized spacial score (nSPS) is 10.7. The quantitative estimate of drug-likeness (QED) is 0.804. The molecule has 1 N–H and O–H groups in total. The summed E-state index contributed by atoms with van der Waals surface area (Å²) >= 11 is 0. The largest absolute Gasteiger partial charge is 0.321 e. The van der Waals surface area contributed by atoms with Gasteiger partial charge in [0.25, 0.3) is 11.5 Å². The highest BCUT2D eigenvalue weighted by Crippen LogP contribution is 2.16. The fourth-order valence-electron chi connectivity index (χ4n) is 2.68. The summed E-state index contributed by atoms with van der Waals surface area (Å²) in [7, 11) is 0. The van der Waals surface area contributed by atoms with Crippen molar-refractivity contribution in [1.82, 2.24) is 4.57 Å². The minimum absolute atomic E-state index is 0.132. The molecule has 0 atom stereocenters. The van der Waals surface area contributed by atoms with Crippen LogP contribution in [0.25, 0.3) is 10.8 Å². The molecule has 4 nitrogen and oxygen atoms in total. The zero-order chi connectivity index (χ0) is 16.4. The summed E-state index contributed by atoms with van der Waals surface area (Å²) in [6.07, 6.45) is 0. The van der Waals surface area contributed by atoms with Crippen LogP contribution in [0.1, 0.15) is 23.0 Å². The lowest BCUT2D eigenvalue weighted by Crippen LogP contribution is -2.28. The number of carbonyl (C=O) groups excluding carboxylic acids is 1. The van der Waals surface area contributed by atoms with Crippen molar-refractivity contribution in [2.45, 2.75) is 20.4 Å². The highest BCUT2D eigenvalue weighted by molar-refractivity contribution is 6.05. The number of fused-ring (bicyclic) bond motifs is 1. The Labute approximate surface area is 134 Å². The van der Waals surface area contributed by atoms with Gasteiger partial charge in [0.05, 0.1) is 0 Å². The van der Waals surface area contributed by atoms with Gasteiger partial charge in [0, 0.05) is 17.6 Å². The SMILES string of the molecule is CCn1c(C(=O)Nc2ccccc2)cc2ccc(C)cc2c1=O. The molecule has 3 aromatic rings. The Balaban J connectivity index is 2.11. The first-order valence-electron chi connectivity index (χ1n) is 7.60. The summed E-state index contributed by atoms with van der Waals surface area (Å²) in [5.74, 6) is -0.280. The molecular weight excluding hydrogens is 288 g/mol. The molecule has 0 saturated heterocycles. The van der Waals surface area contributed by atoms with Crippen LogP contribution in [0.4, 0.5) is 5.69 Å². The number of para-hydroxylation sites is 1. The molecule has 2 aromatic carbocycles. The first-order valence-corrected chi connectivity index (χ1v) is 7.60. The standard InChI is InChI=1S/C19H18N2O2/c1-3-21-17(18(22)20-15-7-5-4-6-8-15)12-14-10-9-13(2)11-16(14)19(21)23/h4-12H,3H2,1-2H3,(H,20,22). The Bertz CT molecular complexity index is 927. The molecule has 23 heavy (non-hydrogen) atoms. The van der Waals surface area contributed by atoms with Gasteiger partial charge in [0.1, 0.15) is 5.69 Å². The number of hydrogen-bond acceptors (Lipinski definition) is 2. The second-order valence-electron chi connectivity index (χ2n) is 5.49. The van der Waals surface area contributed by atoms with Gasteiger partial charge in [-0.05, 0) is 43.5 Å². The van der Waals surface area contributed by atoms with E-state index in [0.29, 0.717) is 23.3 Å². The highest BCUT2D eigenvalue weighted by atomic mass is 16.2. The fourth-order valence-corrected chi connectivity index (χ4v) is 2.68. The Morgan fingerprint density at radius 2 is 1.83 bits per heavy atom. The van der Waals surface area contributed by atoms with Gasteiger partial charge in [-0.3, -0.25) is 9.59 Å². The molecule has 1 heterocycles. The van der Waals surface area contributed by atoms with Crippen molar-refractivity contribution in [2.24, 2.45) is 0 Å². The summed E-state index contributed by atoms with van der Waals surface area (Å²) in [4.78, 5) is 25.3. The predicted octanol–water partition coefficient (Wildman–Crippen LogP) is 3.58. The monoisotopic (exact) mass is 306 g/mol. The van der Waals surface area contributed by atoms with Crippen LogP contribution in [0, 0.1) is 6.92 Å². The van der Waals surface area contributed by atoms with Gasteiger partial charge in [0.15, 0.2) is 0 Å². The smallest absolute Gasteiger partial charge is 0.272 e. The molecule has 0 fully saturated rings. The van der Waals surface area contributed by atoms with Gasteiger partial charge >= 0.3 is 0 Å². The third-order valence-corrected chi connectivity index (χ3v) is 3.85. The number of nitrogens with one attached hydrogen (secondary N) is 1. The second kappa shape index (κ2) is 6.08. The van der Waals surface area contributed by atoms with E-state index in [4.69, 9.17) is 0 Å². The van der Waals surface area contributed by atoms with E-state index >= 15 is 0 Å². The molecule has 1 amide bonds. The van der Waals surface area contributed by atoms with E-state index in [0.717, 1.165) is 10.9 Å². The Morgan fingerprint density at radius 1 is 1.09 bits per heavy atom. The molecule has 0 unspecified atom stereocenters. The summed E-state index contributed by atoms with van der Waals surface area (Å²) < 4.78 is 1.51. The van der Waals surface area contributed by atoms with Gasteiger partial charge in [-0.2, -0.15) is 0 Å². The molecule has 0 radical (unpaired) electrons. The first kappa shape index (κ1) is 15.0. The lowest BCUT2D eigenvalue weighted by Gasteiger charge is -2.13. The van der Waals surface area contributed by atoms with Gasteiger partial charge in [-0.15, -0.1) is 0 Å². The van der Waals surface area contributed by atoms with Crippen molar-refractivity contribution in [3.05, 3.63) is 76.2 Å². The number of aromatic nitrogens is 1. The average Bonchev–Trinajstić information content (AvgIpc) is 2.56. The Morgan fingerprint density at radius 3 is 2.52 bits per heavy atom. The summed E-state index contributed by atoms with van der Waals surface area (Å²) in [6.45, 7) is 4.26. The Hall–Kier alpha value is -2.88. The zero-order valence-corrected chi connectivity index (χ0v) is 13.2. The van der Waals surface area contributed by atoms with E-state index in [9.17, 15) is 9.59 Å². The van der Waals surface area contributed by atoms with Crippen molar-refractivity contribution in [3.63, 3.8) is 0 Å². The number of anilines is 1. The van der Waals surface area contributed by atoms with Crippen LogP contribution in [0.15, 0.2) is 59.4 Å². The van der Waals surface area contributed by atoms with Crippen molar-refractivity contribution in [2.75, 3.05) is 5.32 Å². The molecule has 0 spiro atoms. The maximum absolute atomic E-state index is 12.7. The molecule has 0 aliphatic carbocycles. The minimum atomic E-state index is -0.280. The van der Waals surface area contributed by atoms with Crippen molar-refractivity contribution in [1.29, 1.82) is 0 Å². The summed E-state index contributed by atoms with van der Waals surface area (Å²) in [5.41, 5.74) is 1.97.